The summed E-state index contributed by atoms with van der Waals surface area (Å²) in [6.45, 7) is 0. The van der Waals surface area contributed by atoms with E-state index in [1.165, 1.54) is 21.9 Å². The summed E-state index contributed by atoms with van der Waals surface area (Å²) in [4.78, 5) is 4.82. The van der Waals surface area contributed by atoms with Gasteiger partial charge in [-0.25, -0.2) is 0 Å². The number of fused-ring (bicyclic) bond motifs is 3. The van der Waals surface area contributed by atoms with Crippen molar-refractivity contribution >= 4 is 21.8 Å². The first kappa shape index (κ1) is 16.7. The number of nitrogens with one attached hydrogen (secondary N) is 1. The van der Waals surface area contributed by atoms with Crippen LogP contribution in [0, 0.1) is 0 Å². The lowest BCUT2D eigenvalue weighted by atomic mass is 10.0. The van der Waals surface area contributed by atoms with Gasteiger partial charge in [-0.1, -0.05) is 91.0 Å². The molecule has 0 fully saturated rings. The Balaban J connectivity index is 1.44. The maximum absolute atomic E-state index is 4.82. The molecule has 0 aliphatic rings. The monoisotopic (exact) mass is 386 g/mol. The number of para-hydroxylation sites is 2. The number of H-pyrrole nitrogens is 1. The van der Waals surface area contributed by atoms with E-state index in [4.69, 9.17) is 4.98 Å². The number of hydrogen-bond donors (Lipinski definition) is 1. The van der Waals surface area contributed by atoms with Gasteiger partial charge in [-0.2, -0.15) is 4.98 Å². The van der Waals surface area contributed by atoms with Gasteiger partial charge in [-0.3, -0.25) is 9.67 Å². The van der Waals surface area contributed by atoms with Gasteiger partial charge in [-0.05, 0) is 23.3 Å². The largest absolute Gasteiger partial charge is 0.277 e. The zero-order valence-electron chi connectivity index (χ0n) is 16.2. The van der Waals surface area contributed by atoms with E-state index >= 15 is 0 Å². The SMILES string of the molecule is c1ccc(-c2ccc(-c3nc(-n4c5ccccc5c5ccccc54)n[nH]3)cc2)cc1. The summed E-state index contributed by atoms with van der Waals surface area (Å²) in [5.41, 5.74) is 5.59. The van der Waals surface area contributed by atoms with E-state index in [1.807, 2.05) is 18.2 Å². The van der Waals surface area contributed by atoms with Crippen LogP contribution in [-0.4, -0.2) is 19.7 Å². The van der Waals surface area contributed by atoms with E-state index in [-0.39, 0.29) is 0 Å². The third-order valence-electron chi connectivity index (χ3n) is 5.52. The Morgan fingerprint density at radius 2 is 1.07 bits per heavy atom. The van der Waals surface area contributed by atoms with Gasteiger partial charge in [0.2, 0.25) is 0 Å². The highest BCUT2D eigenvalue weighted by molar-refractivity contribution is 6.08. The zero-order valence-corrected chi connectivity index (χ0v) is 16.2. The van der Waals surface area contributed by atoms with Crippen LogP contribution in [0.5, 0.6) is 0 Å². The van der Waals surface area contributed by atoms with Crippen molar-refractivity contribution in [1.29, 1.82) is 0 Å². The molecule has 0 bridgehead atoms. The summed E-state index contributed by atoms with van der Waals surface area (Å²) in [6, 6.07) is 35.5. The van der Waals surface area contributed by atoms with Gasteiger partial charge in [0.05, 0.1) is 11.0 Å². The maximum atomic E-state index is 4.82. The average molecular weight is 386 g/mol. The molecule has 0 saturated heterocycles. The highest BCUT2D eigenvalue weighted by Gasteiger charge is 2.15. The smallest absolute Gasteiger partial charge is 0.254 e. The molecular weight excluding hydrogens is 368 g/mol. The number of benzene rings is 4. The second-order valence-electron chi connectivity index (χ2n) is 7.30. The van der Waals surface area contributed by atoms with Crippen molar-refractivity contribution in [2.24, 2.45) is 0 Å². The topological polar surface area (TPSA) is 46.5 Å². The Labute approximate surface area is 173 Å². The fraction of sp³-hybridized carbons (Fsp3) is 0. The Bertz CT molecular complexity index is 1420. The fourth-order valence-corrected chi connectivity index (χ4v) is 4.07. The minimum Gasteiger partial charge on any atom is -0.277 e. The third kappa shape index (κ3) is 2.62. The molecule has 0 atom stereocenters. The van der Waals surface area contributed by atoms with Gasteiger partial charge in [0.1, 0.15) is 0 Å². The van der Waals surface area contributed by atoms with Crippen LogP contribution < -0.4 is 0 Å². The van der Waals surface area contributed by atoms with Crippen LogP contribution in [0.2, 0.25) is 0 Å². The van der Waals surface area contributed by atoms with Crippen LogP contribution >= 0.6 is 0 Å². The molecule has 6 aromatic rings. The molecule has 142 valence electrons. The van der Waals surface area contributed by atoms with E-state index < -0.39 is 0 Å². The summed E-state index contributed by atoms with van der Waals surface area (Å²) in [5.74, 6) is 1.40. The molecule has 0 unspecified atom stereocenters. The van der Waals surface area contributed by atoms with E-state index in [2.05, 4.69) is 99.7 Å². The first-order chi connectivity index (χ1) is 14.9. The lowest BCUT2D eigenvalue weighted by Gasteiger charge is -2.03. The lowest BCUT2D eigenvalue weighted by molar-refractivity contribution is 0.990. The van der Waals surface area contributed by atoms with Crippen LogP contribution in [0.4, 0.5) is 0 Å². The second kappa shape index (κ2) is 6.71. The first-order valence-corrected chi connectivity index (χ1v) is 9.95. The number of aromatic amines is 1. The normalized spacial score (nSPS) is 11.3. The first-order valence-electron chi connectivity index (χ1n) is 9.95. The van der Waals surface area contributed by atoms with E-state index in [9.17, 15) is 0 Å². The molecule has 2 heterocycles. The second-order valence-corrected chi connectivity index (χ2v) is 7.30. The minimum atomic E-state index is 0.648. The highest BCUT2D eigenvalue weighted by Crippen LogP contribution is 2.31. The van der Waals surface area contributed by atoms with Crippen LogP contribution in [0.15, 0.2) is 103 Å². The Hall–Kier alpha value is -4.18. The maximum Gasteiger partial charge on any atom is 0.254 e. The molecule has 30 heavy (non-hydrogen) atoms. The van der Waals surface area contributed by atoms with Crippen molar-refractivity contribution in [3.63, 3.8) is 0 Å². The minimum absolute atomic E-state index is 0.648. The predicted octanol–water partition coefficient (Wildman–Crippen LogP) is 6.24. The molecule has 4 nitrogen and oxygen atoms in total. The number of rotatable bonds is 3. The van der Waals surface area contributed by atoms with Gasteiger partial charge < -0.3 is 0 Å². The van der Waals surface area contributed by atoms with Crippen molar-refractivity contribution < 1.29 is 0 Å². The molecular formula is C26H18N4. The summed E-state index contributed by atoms with van der Waals surface area (Å²) >= 11 is 0. The van der Waals surface area contributed by atoms with Crippen molar-refractivity contribution in [2.45, 2.75) is 0 Å². The van der Waals surface area contributed by atoms with Crippen molar-refractivity contribution in [1.82, 2.24) is 19.7 Å². The van der Waals surface area contributed by atoms with Crippen LogP contribution in [-0.2, 0) is 0 Å². The summed E-state index contributed by atoms with van der Waals surface area (Å²) in [7, 11) is 0. The van der Waals surface area contributed by atoms with Gasteiger partial charge in [0.15, 0.2) is 5.82 Å². The molecule has 4 aromatic carbocycles. The predicted molar refractivity (Wildman–Crippen MR) is 122 cm³/mol. The van der Waals surface area contributed by atoms with Gasteiger partial charge in [-0.15, -0.1) is 5.10 Å². The molecule has 0 radical (unpaired) electrons. The molecule has 4 heteroatoms. The van der Waals surface area contributed by atoms with Crippen LogP contribution in [0.1, 0.15) is 0 Å². The summed E-state index contributed by atoms with van der Waals surface area (Å²) < 4.78 is 2.11. The van der Waals surface area contributed by atoms with Crippen LogP contribution in [0.3, 0.4) is 0 Å². The molecule has 6 rings (SSSR count). The zero-order chi connectivity index (χ0) is 19.9. The van der Waals surface area contributed by atoms with Gasteiger partial charge in [0, 0.05) is 16.3 Å². The molecule has 0 amide bonds. The molecule has 0 spiro atoms. The molecule has 0 saturated carbocycles. The summed E-state index contributed by atoms with van der Waals surface area (Å²) in [5, 5.41) is 10.1. The summed E-state index contributed by atoms with van der Waals surface area (Å²) in [6.07, 6.45) is 0. The Morgan fingerprint density at radius 1 is 0.533 bits per heavy atom. The molecule has 2 aromatic heterocycles. The highest BCUT2D eigenvalue weighted by atomic mass is 15.3. The van der Waals surface area contributed by atoms with E-state index in [0.717, 1.165) is 22.4 Å². The number of hydrogen-bond acceptors (Lipinski definition) is 2. The molecule has 0 aliphatic heterocycles. The molecule has 1 N–H and O–H groups in total. The van der Waals surface area contributed by atoms with Crippen molar-refractivity contribution in [3.8, 4) is 28.5 Å². The quantitative estimate of drug-likeness (QED) is 0.391. The van der Waals surface area contributed by atoms with Gasteiger partial charge in [0.25, 0.3) is 5.95 Å². The van der Waals surface area contributed by atoms with E-state index in [0.29, 0.717) is 5.95 Å². The third-order valence-corrected chi connectivity index (χ3v) is 5.52. The number of aromatic nitrogens is 4. The number of nitrogens with zero attached hydrogens (tertiary/aromatic N) is 3. The van der Waals surface area contributed by atoms with Crippen LogP contribution in [0.25, 0.3) is 50.3 Å². The van der Waals surface area contributed by atoms with E-state index in [1.54, 1.807) is 0 Å². The van der Waals surface area contributed by atoms with Crippen molar-refractivity contribution in [3.05, 3.63) is 103 Å². The Morgan fingerprint density at radius 3 is 1.73 bits per heavy atom. The standard InChI is InChI=1S/C26H18N4/c1-2-8-18(9-3-1)19-14-16-20(17-15-19)25-27-26(29-28-25)30-23-12-6-4-10-21(23)22-11-5-7-13-24(22)30/h1-17H,(H,27,28,29). The van der Waals surface area contributed by atoms with Crippen molar-refractivity contribution in [2.75, 3.05) is 0 Å². The Kier molecular flexibility index (Phi) is 3.74. The average Bonchev–Trinajstić information content (AvgIpc) is 3.43. The van der Waals surface area contributed by atoms with Gasteiger partial charge >= 0.3 is 0 Å². The lowest BCUT2D eigenvalue weighted by Crippen LogP contribution is -1.96. The molecule has 0 aliphatic carbocycles. The fourth-order valence-electron chi connectivity index (χ4n) is 4.07.